The Morgan fingerprint density at radius 2 is 2.30 bits per heavy atom. The average Bonchev–Trinajstić information content (AvgIpc) is 2.47. The molecule has 0 saturated carbocycles. The van der Waals surface area contributed by atoms with E-state index in [9.17, 15) is 13.6 Å². The lowest BCUT2D eigenvalue weighted by molar-refractivity contribution is -0.129. The van der Waals surface area contributed by atoms with E-state index in [1.807, 2.05) is 0 Å². The van der Waals surface area contributed by atoms with E-state index in [2.05, 4.69) is 31.3 Å². The molecule has 9 heteroatoms. The van der Waals surface area contributed by atoms with Gasteiger partial charge in [-0.25, -0.2) is 0 Å². The van der Waals surface area contributed by atoms with Crippen molar-refractivity contribution in [2.24, 2.45) is 0 Å². The summed E-state index contributed by atoms with van der Waals surface area (Å²) in [5, 5.41) is 5.78. The van der Waals surface area contributed by atoms with Crippen LogP contribution in [0.4, 0.5) is 8.78 Å². The molecule has 0 unspecified atom stereocenters. The molecule has 0 aromatic heterocycles. The maximum Gasteiger partial charge on any atom is 0.387 e. The van der Waals surface area contributed by atoms with E-state index in [1.54, 1.807) is 19.1 Å². The van der Waals surface area contributed by atoms with Crippen molar-refractivity contribution < 1.29 is 23.0 Å². The molecule has 1 heterocycles. The van der Waals surface area contributed by atoms with Gasteiger partial charge < -0.3 is 20.1 Å². The zero-order valence-corrected chi connectivity index (χ0v) is 14.8. The summed E-state index contributed by atoms with van der Waals surface area (Å²) in [5.74, 6) is -0.199. The highest BCUT2D eigenvalue weighted by Crippen LogP contribution is 2.24. The second-order valence-corrected chi connectivity index (χ2v) is 5.77. The number of amides is 1. The first-order chi connectivity index (χ1) is 10.5. The Kier molecular flexibility index (Phi) is 8.18. The van der Waals surface area contributed by atoms with Crippen molar-refractivity contribution in [1.29, 1.82) is 0 Å². The number of carbonyl (C=O) groups excluding carboxylic acids is 1. The van der Waals surface area contributed by atoms with Crippen LogP contribution in [0.5, 0.6) is 5.75 Å². The van der Waals surface area contributed by atoms with E-state index in [4.69, 9.17) is 4.74 Å². The van der Waals surface area contributed by atoms with Gasteiger partial charge in [0.15, 0.2) is 0 Å². The molecular weight excluding hydrogens is 398 g/mol. The van der Waals surface area contributed by atoms with Crippen molar-refractivity contribution >= 4 is 34.2 Å². The molecule has 23 heavy (non-hydrogen) atoms. The van der Waals surface area contributed by atoms with Gasteiger partial charge in [0, 0.05) is 23.1 Å². The Balaban J connectivity index is 0.00000264. The number of halogens is 4. The molecular formula is C14H18BrClF2N2O3. The van der Waals surface area contributed by atoms with Crippen LogP contribution in [0.15, 0.2) is 22.7 Å². The van der Waals surface area contributed by atoms with Gasteiger partial charge in [0.05, 0.1) is 12.7 Å². The first-order valence-electron chi connectivity index (χ1n) is 6.83. The minimum Gasteiger partial charge on any atom is -0.434 e. The number of morpholine rings is 1. The fraction of sp³-hybridized carbons (Fsp3) is 0.500. The van der Waals surface area contributed by atoms with Crippen LogP contribution in [-0.4, -0.2) is 37.8 Å². The number of carbonyl (C=O) groups is 1. The normalized spacial score (nSPS) is 20.7. The van der Waals surface area contributed by atoms with E-state index < -0.39 is 12.7 Å². The predicted molar refractivity (Wildman–Crippen MR) is 87.1 cm³/mol. The SMILES string of the molecule is C[C@H]1OCCN[C@@H]1C(=O)NCc1cc(Br)ccc1OC(F)F.Cl. The number of hydrogen-bond acceptors (Lipinski definition) is 4. The first-order valence-corrected chi connectivity index (χ1v) is 7.62. The van der Waals surface area contributed by atoms with E-state index >= 15 is 0 Å². The van der Waals surface area contributed by atoms with Crippen molar-refractivity contribution in [1.82, 2.24) is 10.6 Å². The monoisotopic (exact) mass is 414 g/mol. The number of benzene rings is 1. The van der Waals surface area contributed by atoms with Crippen LogP contribution in [-0.2, 0) is 16.1 Å². The molecule has 130 valence electrons. The molecule has 1 saturated heterocycles. The quantitative estimate of drug-likeness (QED) is 0.776. The van der Waals surface area contributed by atoms with Gasteiger partial charge >= 0.3 is 6.61 Å². The van der Waals surface area contributed by atoms with Gasteiger partial charge in [-0.15, -0.1) is 12.4 Å². The summed E-state index contributed by atoms with van der Waals surface area (Å²) >= 11 is 3.27. The lowest BCUT2D eigenvalue weighted by Crippen LogP contribution is -2.55. The highest BCUT2D eigenvalue weighted by Gasteiger charge is 2.28. The molecule has 1 fully saturated rings. The molecule has 2 N–H and O–H groups in total. The third kappa shape index (κ3) is 5.87. The average molecular weight is 416 g/mol. The minimum absolute atomic E-state index is 0. The predicted octanol–water partition coefficient (Wildman–Crippen LogP) is 2.47. The molecule has 1 aromatic carbocycles. The van der Waals surface area contributed by atoms with Gasteiger partial charge in [0.1, 0.15) is 11.8 Å². The molecule has 2 atom stereocenters. The standard InChI is InChI=1S/C14H17BrF2N2O3.ClH/c1-8-12(18-4-5-21-8)13(20)19-7-9-6-10(15)2-3-11(9)22-14(16)17;/h2-3,6,8,12,14,18H,4-5,7H2,1H3,(H,19,20);1H/t8-,12+;/m1./s1. The number of ether oxygens (including phenoxy) is 2. The summed E-state index contributed by atoms with van der Waals surface area (Å²) in [7, 11) is 0. The minimum atomic E-state index is -2.91. The summed E-state index contributed by atoms with van der Waals surface area (Å²) in [6, 6.07) is 4.20. The van der Waals surface area contributed by atoms with Gasteiger partial charge in [0.25, 0.3) is 0 Å². The van der Waals surface area contributed by atoms with Crippen LogP contribution in [0.1, 0.15) is 12.5 Å². The van der Waals surface area contributed by atoms with Crippen LogP contribution in [0.3, 0.4) is 0 Å². The fourth-order valence-corrected chi connectivity index (χ4v) is 2.63. The zero-order valence-electron chi connectivity index (χ0n) is 12.4. The zero-order chi connectivity index (χ0) is 16.1. The fourth-order valence-electron chi connectivity index (χ4n) is 2.22. The largest absolute Gasteiger partial charge is 0.434 e. The highest BCUT2D eigenvalue weighted by atomic mass is 79.9. The lowest BCUT2D eigenvalue weighted by Gasteiger charge is -2.29. The number of alkyl halides is 2. The molecule has 0 spiro atoms. The maximum absolute atomic E-state index is 12.4. The van der Waals surface area contributed by atoms with Crippen LogP contribution < -0.4 is 15.4 Å². The molecule has 0 radical (unpaired) electrons. The van der Waals surface area contributed by atoms with Gasteiger partial charge in [-0.2, -0.15) is 8.78 Å². The first kappa shape index (κ1) is 20.1. The van der Waals surface area contributed by atoms with Gasteiger partial charge in [-0.05, 0) is 25.1 Å². The number of rotatable bonds is 5. The van der Waals surface area contributed by atoms with E-state index in [1.165, 1.54) is 6.07 Å². The molecule has 1 aromatic rings. The van der Waals surface area contributed by atoms with Crippen molar-refractivity contribution in [3.8, 4) is 5.75 Å². The Bertz CT molecular complexity index is 537. The summed E-state index contributed by atoms with van der Waals surface area (Å²) < 4.78 is 35.4. The molecule has 0 aliphatic carbocycles. The second-order valence-electron chi connectivity index (χ2n) is 4.86. The number of hydrogen-bond donors (Lipinski definition) is 2. The smallest absolute Gasteiger partial charge is 0.387 e. The van der Waals surface area contributed by atoms with Crippen LogP contribution in [0.2, 0.25) is 0 Å². The Labute approximate surface area is 147 Å². The topological polar surface area (TPSA) is 59.6 Å². The van der Waals surface area contributed by atoms with Crippen LogP contribution >= 0.6 is 28.3 Å². The van der Waals surface area contributed by atoms with Crippen molar-refractivity contribution in [2.75, 3.05) is 13.2 Å². The van der Waals surface area contributed by atoms with E-state index in [0.29, 0.717) is 23.2 Å². The van der Waals surface area contributed by atoms with E-state index in [0.717, 1.165) is 0 Å². The Hall–Kier alpha value is -0.960. The summed E-state index contributed by atoms with van der Waals surface area (Å²) in [5.41, 5.74) is 0.465. The van der Waals surface area contributed by atoms with Crippen molar-refractivity contribution in [3.05, 3.63) is 28.2 Å². The van der Waals surface area contributed by atoms with Gasteiger partial charge in [0.2, 0.25) is 5.91 Å². The maximum atomic E-state index is 12.4. The lowest BCUT2D eigenvalue weighted by atomic mass is 10.1. The third-order valence-electron chi connectivity index (χ3n) is 3.29. The van der Waals surface area contributed by atoms with Crippen LogP contribution in [0, 0.1) is 0 Å². The Morgan fingerprint density at radius 3 is 2.96 bits per heavy atom. The summed E-state index contributed by atoms with van der Waals surface area (Å²) in [4.78, 5) is 12.1. The van der Waals surface area contributed by atoms with E-state index in [-0.39, 0.29) is 36.7 Å². The summed E-state index contributed by atoms with van der Waals surface area (Å²) in [6.07, 6.45) is -0.243. The molecule has 1 aliphatic rings. The van der Waals surface area contributed by atoms with Crippen molar-refractivity contribution in [2.45, 2.75) is 32.2 Å². The van der Waals surface area contributed by atoms with Gasteiger partial charge in [-0.1, -0.05) is 15.9 Å². The molecule has 0 bridgehead atoms. The third-order valence-corrected chi connectivity index (χ3v) is 3.78. The van der Waals surface area contributed by atoms with Crippen molar-refractivity contribution in [3.63, 3.8) is 0 Å². The molecule has 5 nitrogen and oxygen atoms in total. The van der Waals surface area contributed by atoms with Gasteiger partial charge in [-0.3, -0.25) is 4.79 Å². The molecule has 2 rings (SSSR count). The highest BCUT2D eigenvalue weighted by molar-refractivity contribution is 9.10. The number of nitrogens with one attached hydrogen (secondary N) is 2. The summed E-state index contributed by atoms with van der Waals surface area (Å²) in [6.45, 7) is 0.137. The molecule has 1 aliphatic heterocycles. The Morgan fingerprint density at radius 1 is 1.57 bits per heavy atom. The second kappa shape index (κ2) is 9.36. The molecule has 1 amide bonds. The van der Waals surface area contributed by atoms with Crippen LogP contribution in [0.25, 0.3) is 0 Å².